The van der Waals surface area contributed by atoms with Gasteiger partial charge in [0.15, 0.2) is 0 Å². The minimum absolute atomic E-state index is 0.0615. The van der Waals surface area contributed by atoms with Crippen LogP contribution >= 0.6 is 0 Å². The third kappa shape index (κ3) is 6.60. The summed E-state index contributed by atoms with van der Waals surface area (Å²) < 4.78 is 76.7. The molecule has 0 saturated carbocycles. The third-order valence-corrected chi connectivity index (χ3v) is 4.83. The van der Waals surface area contributed by atoms with Gasteiger partial charge < -0.3 is 10.6 Å². The second-order valence-electron chi connectivity index (χ2n) is 7.34. The maximum absolute atomic E-state index is 12.8. The second kappa shape index (κ2) is 9.98. The summed E-state index contributed by atoms with van der Waals surface area (Å²) in [5.74, 6) is -1.33. The van der Waals surface area contributed by atoms with Crippen LogP contribution < -0.4 is 10.6 Å². The molecule has 0 spiro atoms. The Kier molecular flexibility index (Phi) is 7.29. The monoisotopic (exact) mass is 480 g/mol. The minimum Gasteiger partial charge on any atom is -0.348 e. The fraction of sp³-hybridized carbons (Fsp3) is 0.167. The van der Waals surface area contributed by atoms with E-state index in [1.54, 1.807) is 24.3 Å². The fourth-order valence-corrected chi connectivity index (χ4v) is 3.02. The highest BCUT2D eigenvalue weighted by molar-refractivity contribution is 5.94. The van der Waals surface area contributed by atoms with Gasteiger partial charge in [0, 0.05) is 24.2 Å². The van der Waals surface area contributed by atoms with Crippen LogP contribution in [0.4, 0.5) is 26.3 Å². The molecular formula is C24H18F6N2O2. The van der Waals surface area contributed by atoms with E-state index in [2.05, 4.69) is 10.6 Å². The highest BCUT2D eigenvalue weighted by atomic mass is 19.4. The van der Waals surface area contributed by atoms with Gasteiger partial charge in [0.2, 0.25) is 0 Å². The number of carbonyl (C=O) groups is 2. The molecule has 0 unspecified atom stereocenters. The Labute approximate surface area is 190 Å². The molecule has 0 saturated heterocycles. The summed E-state index contributed by atoms with van der Waals surface area (Å²) in [7, 11) is 0. The molecule has 0 aliphatic rings. The van der Waals surface area contributed by atoms with E-state index in [0.717, 1.165) is 36.4 Å². The van der Waals surface area contributed by atoms with Gasteiger partial charge in [-0.05, 0) is 47.5 Å². The fourth-order valence-electron chi connectivity index (χ4n) is 3.02. The Balaban J connectivity index is 1.54. The highest BCUT2D eigenvalue weighted by Gasteiger charge is 2.31. The Hall–Kier alpha value is -3.82. The van der Waals surface area contributed by atoms with Gasteiger partial charge in [0.05, 0.1) is 11.1 Å². The maximum atomic E-state index is 12.8. The van der Waals surface area contributed by atoms with Crippen LogP contribution in [0.3, 0.4) is 0 Å². The topological polar surface area (TPSA) is 58.2 Å². The first-order valence-corrected chi connectivity index (χ1v) is 9.92. The van der Waals surface area contributed by atoms with Crippen molar-refractivity contribution in [2.75, 3.05) is 0 Å². The van der Waals surface area contributed by atoms with Crippen molar-refractivity contribution in [1.29, 1.82) is 0 Å². The Morgan fingerprint density at radius 1 is 0.588 bits per heavy atom. The summed E-state index contributed by atoms with van der Waals surface area (Å²) in [6, 6.07) is 14.8. The quantitative estimate of drug-likeness (QED) is 0.453. The highest BCUT2D eigenvalue weighted by Crippen LogP contribution is 2.30. The molecule has 4 nitrogen and oxygen atoms in total. The number of halogens is 6. The van der Waals surface area contributed by atoms with Crippen LogP contribution in [0.25, 0.3) is 0 Å². The maximum Gasteiger partial charge on any atom is 0.416 e. The van der Waals surface area contributed by atoms with Crippen LogP contribution in [-0.4, -0.2) is 11.8 Å². The van der Waals surface area contributed by atoms with E-state index in [0.29, 0.717) is 11.1 Å². The number of alkyl halides is 6. The first-order chi connectivity index (χ1) is 15.9. The van der Waals surface area contributed by atoms with Crippen molar-refractivity contribution < 1.29 is 35.9 Å². The first-order valence-electron chi connectivity index (χ1n) is 9.92. The van der Waals surface area contributed by atoms with Gasteiger partial charge in [0.1, 0.15) is 0 Å². The molecule has 2 N–H and O–H groups in total. The van der Waals surface area contributed by atoms with Crippen molar-refractivity contribution in [3.63, 3.8) is 0 Å². The predicted octanol–water partition coefficient (Wildman–Crippen LogP) is 5.58. The number of benzene rings is 3. The summed E-state index contributed by atoms with van der Waals surface area (Å²) in [4.78, 5) is 24.3. The Morgan fingerprint density at radius 2 is 0.941 bits per heavy atom. The molecule has 0 radical (unpaired) electrons. The molecule has 2 amide bonds. The van der Waals surface area contributed by atoms with E-state index in [4.69, 9.17) is 0 Å². The van der Waals surface area contributed by atoms with Gasteiger partial charge in [-0.15, -0.1) is 0 Å². The van der Waals surface area contributed by atoms with Gasteiger partial charge in [-0.2, -0.15) is 26.3 Å². The standard InChI is InChI=1S/C24H18F6N2O2/c25-23(26,27)19-5-1-3-17(11-19)21(33)31-13-15-7-9-16(10-8-15)14-32-22(34)18-4-2-6-20(12-18)24(28,29)30/h1-12H,13-14H2,(H,31,33)(H,32,34). The van der Waals surface area contributed by atoms with Crippen LogP contribution in [0.5, 0.6) is 0 Å². The van der Waals surface area contributed by atoms with Gasteiger partial charge in [0.25, 0.3) is 11.8 Å². The number of hydrogen-bond acceptors (Lipinski definition) is 2. The van der Waals surface area contributed by atoms with Gasteiger partial charge >= 0.3 is 12.4 Å². The van der Waals surface area contributed by atoms with Gasteiger partial charge in [-0.3, -0.25) is 9.59 Å². The molecule has 0 aliphatic heterocycles. The molecule has 0 aliphatic carbocycles. The smallest absolute Gasteiger partial charge is 0.348 e. The summed E-state index contributed by atoms with van der Waals surface area (Å²) in [5, 5.41) is 5.07. The molecule has 0 bridgehead atoms. The molecule has 0 aromatic heterocycles. The van der Waals surface area contributed by atoms with Crippen LogP contribution in [0.15, 0.2) is 72.8 Å². The Morgan fingerprint density at radius 3 is 1.26 bits per heavy atom. The van der Waals surface area contributed by atoms with E-state index >= 15 is 0 Å². The van der Waals surface area contributed by atoms with E-state index in [-0.39, 0.29) is 24.2 Å². The molecule has 10 heteroatoms. The van der Waals surface area contributed by atoms with Crippen LogP contribution in [0.2, 0.25) is 0 Å². The molecule has 178 valence electrons. The minimum atomic E-state index is -4.55. The molecule has 0 heterocycles. The predicted molar refractivity (Wildman–Crippen MR) is 112 cm³/mol. The first kappa shape index (κ1) is 24.8. The molecule has 3 rings (SSSR count). The summed E-state index contributed by atoms with van der Waals surface area (Å²) in [6.45, 7) is 0.123. The number of amides is 2. The summed E-state index contributed by atoms with van der Waals surface area (Å²) >= 11 is 0. The normalized spacial score (nSPS) is 11.7. The SMILES string of the molecule is O=C(NCc1ccc(CNC(=O)c2cccc(C(F)(F)F)c2)cc1)c1cccc(C(F)(F)F)c1. The van der Waals surface area contributed by atoms with E-state index in [1.807, 2.05) is 0 Å². The van der Waals surface area contributed by atoms with E-state index < -0.39 is 35.3 Å². The van der Waals surface area contributed by atoms with E-state index in [9.17, 15) is 35.9 Å². The third-order valence-electron chi connectivity index (χ3n) is 4.83. The molecule has 0 atom stereocenters. The average Bonchev–Trinajstić information content (AvgIpc) is 2.80. The lowest BCUT2D eigenvalue weighted by Crippen LogP contribution is -2.24. The molecule has 34 heavy (non-hydrogen) atoms. The van der Waals surface area contributed by atoms with Gasteiger partial charge in [-0.1, -0.05) is 36.4 Å². The summed E-state index contributed by atoms with van der Waals surface area (Å²) in [6.07, 6.45) is -9.11. The molecule has 3 aromatic carbocycles. The largest absolute Gasteiger partial charge is 0.416 e. The number of rotatable bonds is 6. The van der Waals surface area contributed by atoms with Crippen molar-refractivity contribution in [3.05, 3.63) is 106 Å². The zero-order chi connectivity index (χ0) is 24.9. The lowest BCUT2D eigenvalue weighted by atomic mass is 10.1. The number of hydrogen-bond donors (Lipinski definition) is 2. The zero-order valence-corrected chi connectivity index (χ0v) is 17.4. The van der Waals surface area contributed by atoms with Gasteiger partial charge in [-0.25, -0.2) is 0 Å². The van der Waals surface area contributed by atoms with Crippen LogP contribution in [-0.2, 0) is 25.4 Å². The molecule has 0 fully saturated rings. The average molecular weight is 480 g/mol. The van der Waals surface area contributed by atoms with Crippen LogP contribution in [0.1, 0.15) is 43.0 Å². The summed E-state index contributed by atoms with van der Waals surface area (Å²) in [5.41, 5.74) is -0.762. The molecule has 3 aromatic rings. The zero-order valence-electron chi connectivity index (χ0n) is 17.4. The number of carbonyl (C=O) groups excluding carboxylic acids is 2. The lowest BCUT2D eigenvalue weighted by molar-refractivity contribution is -0.138. The Bertz CT molecular complexity index is 1080. The second-order valence-corrected chi connectivity index (χ2v) is 7.34. The lowest BCUT2D eigenvalue weighted by Gasteiger charge is -2.11. The van der Waals surface area contributed by atoms with Crippen molar-refractivity contribution in [1.82, 2.24) is 10.6 Å². The number of nitrogens with one attached hydrogen (secondary N) is 2. The van der Waals surface area contributed by atoms with Crippen molar-refractivity contribution >= 4 is 11.8 Å². The van der Waals surface area contributed by atoms with Crippen molar-refractivity contribution in [2.45, 2.75) is 25.4 Å². The van der Waals surface area contributed by atoms with E-state index in [1.165, 1.54) is 12.1 Å². The van der Waals surface area contributed by atoms with Crippen molar-refractivity contribution in [3.8, 4) is 0 Å². The van der Waals surface area contributed by atoms with Crippen LogP contribution in [0, 0.1) is 0 Å². The van der Waals surface area contributed by atoms with Crippen molar-refractivity contribution in [2.24, 2.45) is 0 Å². The molecular weight excluding hydrogens is 462 g/mol.